The van der Waals surface area contributed by atoms with Gasteiger partial charge in [0.05, 0.1) is 25.0 Å². The van der Waals surface area contributed by atoms with E-state index in [0.29, 0.717) is 18.7 Å². The Balaban J connectivity index is 3.55. The SMILES string of the molecule is CC/C=C\C/C=C\C/C=C\C/C=C\C/C=C\CCCC(=O)NCCSSCC(=O)NC(CO)CO. The maximum atomic E-state index is 11.8. The Morgan fingerprint density at radius 1 is 0.771 bits per heavy atom. The standard InChI is InChI=1S/C27H44N2O4S2/c1-2-3-4-5-6-7-8-9-10-11-12-13-14-15-16-17-18-19-26(32)28-20-21-34-35-24-27(33)29-25(22-30)23-31/h3-4,6-7,9-10,12-13,15-16,25,30-31H,2,5,8,11,14,17-24H2,1H3,(H,28,32)(H,29,33)/b4-3-,7-6-,10-9-,13-12-,16-15-. The van der Waals surface area contributed by atoms with Crippen LogP contribution in [0.15, 0.2) is 60.8 Å². The molecule has 0 saturated carbocycles. The highest BCUT2D eigenvalue weighted by molar-refractivity contribution is 8.76. The first-order valence-electron chi connectivity index (χ1n) is 12.4. The van der Waals surface area contributed by atoms with E-state index >= 15 is 0 Å². The minimum absolute atomic E-state index is 0.0504. The second kappa shape index (κ2) is 26.9. The normalized spacial score (nSPS) is 12.3. The summed E-state index contributed by atoms with van der Waals surface area (Å²) >= 11 is 0. The molecule has 0 aromatic carbocycles. The first-order chi connectivity index (χ1) is 17.1. The Labute approximate surface area is 219 Å². The molecular weight excluding hydrogens is 480 g/mol. The predicted molar refractivity (Wildman–Crippen MR) is 152 cm³/mol. The molecule has 0 spiro atoms. The molecule has 0 radical (unpaired) electrons. The van der Waals surface area contributed by atoms with Crippen molar-refractivity contribution in [3.8, 4) is 0 Å². The minimum Gasteiger partial charge on any atom is -0.394 e. The summed E-state index contributed by atoms with van der Waals surface area (Å²) in [6, 6.07) is -0.609. The van der Waals surface area contributed by atoms with Crippen LogP contribution in [0.4, 0.5) is 0 Å². The molecule has 0 bridgehead atoms. The number of rotatable bonds is 22. The lowest BCUT2D eigenvalue weighted by atomic mass is 10.2. The van der Waals surface area contributed by atoms with Crippen LogP contribution in [0.1, 0.15) is 58.3 Å². The molecule has 0 saturated heterocycles. The highest BCUT2D eigenvalue weighted by Gasteiger charge is 2.09. The average Bonchev–Trinajstić information content (AvgIpc) is 2.86. The number of hydrogen-bond donors (Lipinski definition) is 4. The summed E-state index contributed by atoms with van der Waals surface area (Å²) in [6.45, 7) is 2.14. The molecule has 0 heterocycles. The summed E-state index contributed by atoms with van der Waals surface area (Å²) in [7, 11) is 2.89. The first-order valence-corrected chi connectivity index (χ1v) is 14.9. The number of aliphatic hydroxyl groups excluding tert-OH is 2. The topological polar surface area (TPSA) is 98.7 Å². The van der Waals surface area contributed by atoms with Gasteiger partial charge in [-0.15, -0.1) is 0 Å². The Morgan fingerprint density at radius 3 is 1.86 bits per heavy atom. The van der Waals surface area contributed by atoms with Gasteiger partial charge in [-0.3, -0.25) is 9.59 Å². The number of allylic oxidation sites excluding steroid dienone is 10. The van der Waals surface area contributed by atoms with E-state index in [4.69, 9.17) is 10.2 Å². The van der Waals surface area contributed by atoms with Crippen molar-refractivity contribution in [1.29, 1.82) is 0 Å². The quantitative estimate of drug-likeness (QED) is 0.0916. The largest absolute Gasteiger partial charge is 0.394 e. The first kappa shape index (κ1) is 33.3. The molecule has 35 heavy (non-hydrogen) atoms. The Hall–Kier alpha value is -1.74. The monoisotopic (exact) mass is 524 g/mol. The summed E-state index contributed by atoms with van der Waals surface area (Å²) in [4.78, 5) is 23.4. The lowest BCUT2D eigenvalue weighted by Gasteiger charge is -2.12. The van der Waals surface area contributed by atoms with E-state index in [0.717, 1.165) is 44.9 Å². The Bertz CT molecular complexity index is 672. The number of amides is 2. The van der Waals surface area contributed by atoms with Crippen LogP contribution in [0.3, 0.4) is 0 Å². The highest BCUT2D eigenvalue weighted by Crippen LogP contribution is 2.19. The third kappa shape index (κ3) is 25.2. The van der Waals surface area contributed by atoms with Gasteiger partial charge in [-0.05, 0) is 44.9 Å². The van der Waals surface area contributed by atoms with Gasteiger partial charge >= 0.3 is 0 Å². The van der Waals surface area contributed by atoms with Crippen molar-refractivity contribution in [2.75, 3.05) is 31.3 Å². The number of hydrogen-bond acceptors (Lipinski definition) is 6. The molecule has 2 amide bonds. The number of carbonyl (C=O) groups excluding carboxylic acids is 2. The van der Waals surface area contributed by atoms with Crippen LogP contribution in [0, 0.1) is 0 Å². The molecule has 4 N–H and O–H groups in total. The summed E-state index contributed by atoms with van der Waals surface area (Å²) < 4.78 is 0. The molecule has 0 rings (SSSR count). The number of nitrogens with one attached hydrogen (secondary N) is 2. The predicted octanol–water partition coefficient (Wildman–Crippen LogP) is 4.88. The van der Waals surface area contributed by atoms with Gasteiger partial charge in [0.1, 0.15) is 0 Å². The van der Waals surface area contributed by atoms with Gasteiger partial charge in [0, 0.05) is 18.7 Å². The number of aliphatic hydroxyl groups is 2. The highest BCUT2D eigenvalue weighted by atomic mass is 33.1. The van der Waals surface area contributed by atoms with E-state index in [1.807, 2.05) is 0 Å². The lowest BCUT2D eigenvalue weighted by molar-refractivity contribution is -0.121. The molecule has 0 aliphatic rings. The molecule has 0 fully saturated rings. The zero-order valence-corrected chi connectivity index (χ0v) is 22.7. The fourth-order valence-corrected chi connectivity index (χ4v) is 4.39. The van der Waals surface area contributed by atoms with Gasteiger partial charge in [-0.25, -0.2) is 0 Å². The maximum Gasteiger partial charge on any atom is 0.231 e. The molecular formula is C27H44N2O4S2. The van der Waals surface area contributed by atoms with Gasteiger partial charge in [-0.2, -0.15) is 0 Å². The van der Waals surface area contributed by atoms with Crippen molar-refractivity contribution in [2.24, 2.45) is 0 Å². The molecule has 0 unspecified atom stereocenters. The van der Waals surface area contributed by atoms with Crippen LogP contribution >= 0.6 is 21.6 Å². The van der Waals surface area contributed by atoms with Crippen molar-refractivity contribution in [3.63, 3.8) is 0 Å². The Kier molecular flexibility index (Phi) is 25.5. The van der Waals surface area contributed by atoms with E-state index in [1.165, 1.54) is 21.6 Å². The zero-order valence-electron chi connectivity index (χ0n) is 21.1. The number of unbranched alkanes of at least 4 members (excludes halogenated alkanes) is 1. The molecule has 198 valence electrons. The lowest BCUT2D eigenvalue weighted by Crippen LogP contribution is -2.40. The van der Waals surface area contributed by atoms with Crippen molar-refractivity contribution in [1.82, 2.24) is 10.6 Å². The van der Waals surface area contributed by atoms with Crippen LogP contribution < -0.4 is 10.6 Å². The molecule has 0 aromatic heterocycles. The van der Waals surface area contributed by atoms with E-state index < -0.39 is 6.04 Å². The smallest absolute Gasteiger partial charge is 0.231 e. The van der Waals surface area contributed by atoms with Gasteiger partial charge in [0.2, 0.25) is 11.8 Å². The van der Waals surface area contributed by atoms with Crippen LogP contribution in [0.5, 0.6) is 0 Å². The van der Waals surface area contributed by atoms with E-state index in [1.54, 1.807) is 0 Å². The average molecular weight is 525 g/mol. The van der Waals surface area contributed by atoms with Crippen LogP contribution in [-0.4, -0.2) is 59.3 Å². The van der Waals surface area contributed by atoms with Crippen LogP contribution in [0.2, 0.25) is 0 Å². The summed E-state index contributed by atoms with van der Waals surface area (Å²) in [5, 5.41) is 23.3. The fourth-order valence-electron chi connectivity index (χ4n) is 2.64. The van der Waals surface area contributed by atoms with Crippen LogP contribution in [-0.2, 0) is 9.59 Å². The summed E-state index contributed by atoms with van der Waals surface area (Å²) in [5.41, 5.74) is 0. The zero-order chi connectivity index (χ0) is 25.8. The van der Waals surface area contributed by atoms with E-state index in [9.17, 15) is 9.59 Å². The summed E-state index contributed by atoms with van der Waals surface area (Å²) in [6.07, 6.45) is 28.9. The second-order valence-electron chi connectivity index (χ2n) is 7.66. The summed E-state index contributed by atoms with van der Waals surface area (Å²) in [5.74, 6) is 0.772. The molecule has 0 atom stereocenters. The second-order valence-corrected chi connectivity index (χ2v) is 10.2. The van der Waals surface area contributed by atoms with Gasteiger partial charge in [0.15, 0.2) is 0 Å². The maximum absolute atomic E-state index is 11.8. The minimum atomic E-state index is -0.609. The van der Waals surface area contributed by atoms with Gasteiger partial charge in [0.25, 0.3) is 0 Å². The Morgan fingerprint density at radius 2 is 1.31 bits per heavy atom. The van der Waals surface area contributed by atoms with Crippen molar-refractivity contribution < 1.29 is 19.8 Å². The third-order valence-corrected chi connectivity index (χ3v) is 6.79. The third-order valence-electron chi connectivity index (χ3n) is 4.52. The molecule has 6 nitrogen and oxygen atoms in total. The van der Waals surface area contributed by atoms with E-state index in [-0.39, 0.29) is 30.8 Å². The fraction of sp³-hybridized carbons (Fsp3) is 0.556. The van der Waals surface area contributed by atoms with Crippen molar-refractivity contribution >= 4 is 33.4 Å². The van der Waals surface area contributed by atoms with Gasteiger partial charge < -0.3 is 20.8 Å². The molecule has 8 heteroatoms. The van der Waals surface area contributed by atoms with Gasteiger partial charge in [-0.1, -0.05) is 89.3 Å². The molecule has 0 aliphatic carbocycles. The molecule has 0 aromatic rings. The molecule has 0 aliphatic heterocycles. The van der Waals surface area contributed by atoms with E-state index in [2.05, 4.69) is 78.3 Å². The van der Waals surface area contributed by atoms with Crippen molar-refractivity contribution in [3.05, 3.63) is 60.8 Å². The van der Waals surface area contributed by atoms with Crippen molar-refractivity contribution in [2.45, 2.75) is 64.3 Å². The number of carbonyl (C=O) groups is 2. The van der Waals surface area contributed by atoms with Crippen LogP contribution in [0.25, 0.3) is 0 Å².